The van der Waals surface area contributed by atoms with Gasteiger partial charge in [-0.3, -0.25) is 0 Å². The largest absolute Gasteiger partial charge is 0.457 e. The summed E-state index contributed by atoms with van der Waals surface area (Å²) < 4.78 is 8.09. The first-order valence-corrected chi connectivity index (χ1v) is 10.2. The molecule has 7 nitrogen and oxygen atoms in total. The van der Waals surface area contributed by atoms with E-state index in [1.165, 1.54) is 6.33 Å². The van der Waals surface area contributed by atoms with E-state index in [9.17, 15) is 0 Å². The van der Waals surface area contributed by atoms with Crippen molar-refractivity contribution in [2.75, 3.05) is 11.9 Å². The Hall–Kier alpha value is -3.89. The normalized spacial score (nSPS) is 15.1. The molecule has 1 aliphatic rings. The Morgan fingerprint density at radius 2 is 2.10 bits per heavy atom. The van der Waals surface area contributed by atoms with Crippen LogP contribution in [0.25, 0.3) is 11.0 Å². The first kappa shape index (κ1) is 19.1. The lowest BCUT2D eigenvalue weighted by molar-refractivity contribution is 0.449. The van der Waals surface area contributed by atoms with Gasteiger partial charge in [0, 0.05) is 25.0 Å². The van der Waals surface area contributed by atoms with E-state index in [1.54, 1.807) is 12.5 Å². The minimum atomic E-state index is 0.261. The molecule has 1 fully saturated rings. The molecule has 5 rings (SSSR count). The lowest BCUT2D eigenvalue weighted by Gasteiger charge is -2.21. The van der Waals surface area contributed by atoms with Gasteiger partial charge in [-0.05, 0) is 55.8 Å². The molecule has 1 atom stereocenters. The van der Waals surface area contributed by atoms with Crippen LogP contribution < -0.4 is 15.4 Å². The fourth-order valence-electron chi connectivity index (χ4n) is 3.38. The third kappa shape index (κ3) is 4.06. The Balaban J connectivity index is 1.34. The molecule has 7 heteroatoms. The van der Waals surface area contributed by atoms with Gasteiger partial charge < -0.3 is 19.9 Å². The van der Waals surface area contributed by atoms with E-state index >= 15 is 0 Å². The van der Waals surface area contributed by atoms with Crippen LogP contribution >= 0.6 is 0 Å². The molecule has 0 amide bonds. The molecular formula is C24H22N6O. The predicted molar refractivity (Wildman–Crippen MR) is 121 cm³/mol. The van der Waals surface area contributed by atoms with Crippen LogP contribution in [0, 0.1) is 18.8 Å². The summed E-state index contributed by atoms with van der Waals surface area (Å²) in [6.45, 7) is 3.04. The van der Waals surface area contributed by atoms with Crippen LogP contribution in [0.5, 0.6) is 11.5 Å². The number of ether oxygens (including phenoxy) is 1. The Morgan fingerprint density at radius 3 is 2.90 bits per heavy atom. The van der Waals surface area contributed by atoms with Crippen molar-refractivity contribution < 1.29 is 4.74 Å². The molecule has 0 bridgehead atoms. The predicted octanol–water partition coefficient (Wildman–Crippen LogP) is 3.92. The minimum Gasteiger partial charge on any atom is -0.457 e. The molecule has 0 aliphatic carbocycles. The van der Waals surface area contributed by atoms with E-state index < -0.39 is 0 Å². The van der Waals surface area contributed by atoms with Gasteiger partial charge in [0.25, 0.3) is 0 Å². The molecule has 2 aromatic heterocycles. The summed E-state index contributed by atoms with van der Waals surface area (Å²) in [6.07, 6.45) is 6.14. The number of fused-ring (bicyclic) bond motifs is 1. The third-order valence-electron chi connectivity index (χ3n) is 5.28. The lowest BCUT2D eigenvalue weighted by Crippen LogP contribution is -2.41. The summed E-state index contributed by atoms with van der Waals surface area (Å²) in [7, 11) is 1.98. The van der Waals surface area contributed by atoms with Crippen LogP contribution in [-0.2, 0) is 7.05 Å². The lowest BCUT2D eigenvalue weighted by atomic mass is 10.1. The first-order valence-electron chi connectivity index (χ1n) is 10.2. The van der Waals surface area contributed by atoms with Gasteiger partial charge >= 0.3 is 0 Å². The molecule has 0 saturated carbocycles. The molecule has 1 saturated heterocycles. The number of nitrogens with one attached hydrogen (secondary N) is 2. The van der Waals surface area contributed by atoms with Crippen molar-refractivity contribution in [2.45, 2.75) is 19.4 Å². The number of imidazole rings is 1. The second-order valence-corrected chi connectivity index (χ2v) is 7.56. The number of anilines is 2. The van der Waals surface area contributed by atoms with Gasteiger partial charge in [-0.1, -0.05) is 11.8 Å². The topological polar surface area (TPSA) is 76.9 Å². The maximum Gasteiger partial charge on any atom is 0.149 e. The second kappa shape index (κ2) is 8.09. The molecule has 2 N–H and O–H groups in total. The number of aryl methyl sites for hydroxylation is 2. The average molecular weight is 410 g/mol. The van der Waals surface area contributed by atoms with E-state index in [2.05, 4.69) is 37.4 Å². The van der Waals surface area contributed by atoms with Crippen LogP contribution in [-0.4, -0.2) is 32.1 Å². The van der Waals surface area contributed by atoms with Crippen LogP contribution in [0.3, 0.4) is 0 Å². The van der Waals surface area contributed by atoms with Crippen LogP contribution in [0.15, 0.2) is 55.2 Å². The van der Waals surface area contributed by atoms with Crippen molar-refractivity contribution in [1.29, 1.82) is 0 Å². The zero-order valence-corrected chi connectivity index (χ0v) is 17.4. The zero-order valence-electron chi connectivity index (χ0n) is 17.4. The SMILES string of the molecule is Cc1cc(Nc2ncncc2C#CC2CCN2)ccc1Oc1ccc2c(c1)ncn2C. The van der Waals surface area contributed by atoms with Crippen molar-refractivity contribution in [2.24, 2.45) is 7.05 Å². The fraction of sp³-hybridized carbons (Fsp3) is 0.208. The van der Waals surface area contributed by atoms with Crippen molar-refractivity contribution in [3.8, 4) is 23.3 Å². The van der Waals surface area contributed by atoms with Gasteiger partial charge in [-0.25, -0.2) is 15.0 Å². The minimum absolute atomic E-state index is 0.261. The Kier molecular flexibility index (Phi) is 4.98. The second-order valence-electron chi connectivity index (χ2n) is 7.56. The van der Waals surface area contributed by atoms with Crippen molar-refractivity contribution in [3.05, 3.63) is 66.4 Å². The van der Waals surface area contributed by atoms with Crippen LogP contribution in [0.4, 0.5) is 11.5 Å². The van der Waals surface area contributed by atoms with Crippen molar-refractivity contribution in [3.63, 3.8) is 0 Å². The number of benzene rings is 2. The zero-order chi connectivity index (χ0) is 21.2. The highest BCUT2D eigenvalue weighted by Crippen LogP contribution is 2.30. The summed E-state index contributed by atoms with van der Waals surface area (Å²) in [5, 5.41) is 6.62. The summed E-state index contributed by atoms with van der Waals surface area (Å²) in [6, 6.07) is 12.1. The first-order chi connectivity index (χ1) is 15.2. The Labute approximate surface area is 180 Å². The maximum atomic E-state index is 6.11. The van der Waals surface area contributed by atoms with Gasteiger partial charge in [0.2, 0.25) is 0 Å². The van der Waals surface area contributed by atoms with E-state index in [4.69, 9.17) is 4.74 Å². The quantitative estimate of drug-likeness (QED) is 0.497. The standard InChI is InChI=1S/C24H22N6O/c1-16-11-19(29-24-17(13-25-14-27-24)3-4-18-9-10-26-18)5-8-23(16)31-20-6-7-22-21(12-20)28-15-30(22)2/h5-8,11-15,18,26H,9-10H2,1-2H3,(H,25,27,29). The Bertz CT molecular complexity index is 1310. The molecule has 4 aromatic rings. The molecule has 0 spiro atoms. The van der Waals surface area contributed by atoms with E-state index in [0.29, 0.717) is 5.82 Å². The highest BCUT2D eigenvalue weighted by Gasteiger charge is 2.13. The molecule has 31 heavy (non-hydrogen) atoms. The van der Waals surface area contributed by atoms with Crippen LogP contribution in [0.2, 0.25) is 0 Å². The van der Waals surface area contributed by atoms with Gasteiger partial charge in [0.1, 0.15) is 23.6 Å². The smallest absolute Gasteiger partial charge is 0.149 e. The Morgan fingerprint density at radius 1 is 1.19 bits per heavy atom. The monoisotopic (exact) mass is 410 g/mol. The highest BCUT2D eigenvalue weighted by atomic mass is 16.5. The number of rotatable bonds is 4. The third-order valence-corrected chi connectivity index (χ3v) is 5.28. The molecule has 2 aromatic carbocycles. The van der Waals surface area contributed by atoms with Crippen molar-refractivity contribution in [1.82, 2.24) is 24.8 Å². The molecular weight excluding hydrogens is 388 g/mol. The summed E-state index contributed by atoms with van der Waals surface area (Å²) in [5.41, 5.74) is 4.67. The molecule has 0 radical (unpaired) electrons. The van der Waals surface area contributed by atoms with E-state index in [0.717, 1.165) is 52.3 Å². The molecule has 154 valence electrons. The van der Waals surface area contributed by atoms with Gasteiger partial charge in [-0.15, -0.1) is 0 Å². The molecule has 1 unspecified atom stereocenters. The molecule has 3 heterocycles. The molecule has 1 aliphatic heterocycles. The number of aromatic nitrogens is 4. The summed E-state index contributed by atoms with van der Waals surface area (Å²) in [5.74, 6) is 8.63. The van der Waals surface area contributed by atoms with E-state index in [-0.39, 0.29) is 6.04 Å². The highest BCUT2D eigenvalue weighted by molar-refractivity contribution is 5.77. The van der Waals surface area contributed by atoms with Gasteiger partial charge in [0.15, 0.2) is 0 Å². The summed E-state index contributed by atoms with van der Waals surface area (Å²) in [4.78, 5) is 12.9. The van der Waals surface area contributed by atoms with Crippen molar-refractivity contribution >= 4 is 22.5 Å². The number of hydrogen-bond acceptors (Lipinski definition) is 6. The number of nitrogens with zero attached hydrogens (tertiary/aromatic N) is 4. The maximum absolute atomic E-state index is 6.11. The van der Waals surface area contributed by atoms with E-state index in [1.807, 2.05) is 54.9 Å². The summed E-state index contributed by atoms with van der Waals surface area (Å²) >= 11 is 0. The fourth-order valence-corrected chi connectivity index (χ4v) is 3.38. The van der Waals surface area contributed by atoms with Crippen LogP contribution in [0.1, 0.15) is 17.5 Å². The number of hydrogen-bond donors (Lipinski definition) is 2. The van der Waals surface area contributed by atoms with Gasteiger partial charge in [-0.2, -0.15) is 0 Å². The van der Waals surface area contributed by atoms with Gasteiger partial charge in [0.05, 0.1) is 29.0 Å². The average Bonchev–Trinajstić information content (AvgIpc) is 3.10.